The quantitative estimate of drug-likeness (QED) is 0.320. The Balaban J connectivity index is 2.72. The second-order valence-electron chi connectivity index (χ2n) is 7.42. The van der Waals surface area contributed by atoms with E-state index in [9.17, 15) is 13.7 Å². The van der Waals surface area contributed by atoms with Gasteiger partial charge in [0.2, 0.25) is 0 Å². The SMILES string of the molecule is CCn1nc(C)cc1/C(OS(C)(=O)=O)=C(/C#N)c1ccc([Si](C)(C)C)cc1. The van der Waals surface area contributed by atoms with Gasteiger partial charge in [-0.3, -0.25) is 4.68 Å². The summed E-state index contributed by atoms with van der Waals surface area (Å²) in [6, 6.07) is 11.5. The summed E-state index contributed by atoms with van der Waals surface area (Å²) in [5, 5.41) is 15.4. The summed E-state index contributed by atoms with van der Waals surface area (Å²) >= 11 is 0. The van der Waals surface area contributed by atoms with E-state index in [1.54, 1.807) is 10.7 Å². The van der Waals surface area contributed by atoms with Crippen LogP contribution < -0.4 is 5.19 Å². The first-order valence-electron chi connectivity index (χ1n) is 8.66. The Kier molecular flexibility index (Phi) is 5.97. The molecule has 0 fully saturated rings. The number of hydrogen-bond acceptors (Lipinski definition) is 5. The van der Waals surface area contributed by atoms with E-state index >= 15 is 0 Å². The maximum absolute atomic E-state index is 11.9. The zero-order chi connectivity index (χ0) is 20.4. The van der Waals surface area contributed by atoms with Crippen molar-refractivity contribution in [1.82, 2.24) is 9.78 Å². The lowest BCUT2D eigenvalue weighted by molar-refractivity contribution is 0.464. The molecule has 1 aromatic heterocycles. The van der Waals surface area contributed by atoms with E-state index in [0.717, 1.165) is 6.26 Å². The van der Waals surface area contributed by atoms with Crippen LogP contribution in [0.2, 0.25) is 19.6 Å². The number of nitriles is 1. The molecular weight excluding hydrogens is 378 g/mol. The van der Waals surface area contributed by atoms with Gasteiger partial charge in [0.05, 0.1) is 20.0 Å². The molecule has 2 rings (SSSR count). The largest absolute Gasteiger partial charge is 0.379 e. The van der Waals surface area contributed by atoms with E-state index < -0.39 is 18.2 Å². The van der Waals surface area contributed by atoms with Crippen LogP contribution >= 0.6 is 0 Å². The summed E-state index contributed by atoms with van der Waals surface area (Å²) in [6.07, 6.45) is 0.968. The van der Waals surface area contributed by atoms with Crippen LogP contribution in [0.3, 0.4) is 0 Å². The molecule has 1 aromatic carbocycles. The van der Waals surface area contributed by atoms with E-state index in [-0.39, 0.29) is 11.3 Å². The standard InChI is InChI=1S/C19H25N3O3SSi/c1-7-22-18(12-14(2)21-22)19(25-26(3,23)24)17(13-20)15-8-10-16(11-9-15)27(4,5)6/h8-12H,7H2,1-6H3/b19-17+. The monoisotopic (exact) mass is 403 g/mol. The summed E-state index contributed by atoms with van der Waals surface area (Å²) in [4.78, 5) is 0. The number of aryl methyl sites for hydroxylation is 2. The summed E-state index contributed by atoms with van der Waals surface area (Å²) in [5.74, 6) is 0.00297. The smallest absolute Gasteiger partial charge is 0.306 e. The zero-order valence-electron chi connectivity index (χ0n) is 16.6. The van der Waals surface area contributed by atoms with Crippen LogP contribution in [0.15, 0.2) is 30.3 Å². The van der Waals surface area contributed by atoms with E-state index in [2.05, 4.69) is 30.8 Å². The van der Waals surface area contributed by atoms with Gasteiger partial charge in [-0.1, -0.05) is 49.1 Å². The molecular formula is C19H25N3O3SSi. The van der Waals surface area contributed by atoms with E-state index in [1.807, 2.05) is 38.1 Å². The highest BCUT2D eigenvalue weighted by molar-refractivity contribution is 7.86. The Morgan fingerprint density at radius 2 is 1.85 bits per heavy atom. The fourth-order valence-corrected chi connectivity index (χ4v) is 4.35. The lowest BCUT2D eigenvalue weighted by Gasteiger charge is -2.17. The van der Waals surface area contributed by atoms with Crippen LogP contribution in [0.1, 0.15) is 23.9 Å². The molecule has 0 unspecified atom stereocenters. The fraction of sp³-hybridized carbons (Fsp3) is 0.368. The van der Waals surface area contributed by atoms with Gasteiger partial charge in [0.1, 0.15) is 17.3 Å². The maximum atomic E-state index is 11.9. The first-order chi connectivity index (χ1) is 12.5. The molecule has 8 heteroatoms. The average Bonchev–Trinajstić information content (AvgIpc) is 2.94. The number of hydrogen-bond donors (Lipinski definition) is 0. The van der Waals surface area contributed by atoms with Gasteiger partial charge >= 0.3 is 10.1 Å². The summed E-state index contributed by atoms with van der Waals surface area (Å²) in [6.45, 7) is 10.9. The van der Waals surface area contributed by atoms with Gasteiger partial charge in [0, 0.05) is 6.54 Å². The Morgan fingerprint density at radius 3 is 2.30 bits per heavy atom. The Hall–Kier alpha value is -2.37. The van der Waals surface area contributed by atoms with Crippen molar-refractivity contribution in [3.63, 3.8) is 0 Å². The van der Waals surface area contributed by atoms with Gasteiger partial charge < -0.3 is 4.18 Å². The molecule has 0 amide bonds. The van der Waals surface area contributed by atoms with E-state index in [4.69, 9.17) is 4.18 Å². The van der Waals surface area contributed by atoms with Crippen molar-refractivity contribution in [3.8, 4) is 6.07 Å². The average molecular weight is 404 g/mol. The molecule has 2 aromatic rings. The minimum absolute atomic E-state index is 0.00297. The van der Waals surface area contributed by atoms with Crippen LogP contribution in [0.5, 0.6) is 0 Å². The highest BCUT2D eigenvalue weighted by atomic mass is 32.2. The molecule has 0 saturated heterocycles. The molecule has 0 aliphatic rings. The first-order valence-corrected chi connectivity index (χ1v) is 14.0. The van der Waals surface area contributed by atoms with Gasteiger partial charge in [-0.2, -0.15) is 18.8 Å². The molecule has 0 aliphatic heterocycles. The predicted octanol–water partition coefficient (Wildman–Crippen LogP) is 3.12. The van der Waals surface area contributed by atoms with Crippen molar-refractivity contribution in [2.75, 3.05) is 6.26 Å². The van der Waals surface area contributed by atoms with Crippen LogP contribution in [-0.4, -0.2) is 32.5 Å². The highest BCUT2D eigenvalue weighted by Crippen LogP contribution is 2.29. The number of benzene rings is 1. The maximum Gasteiger partial charge on any atom is 0.306 e. The number of aromatic nitrogens is 2. The summed E-state index contributed by atoms with van der Waals surface area (Å²) < 4.78 is 30.6. The molecule has 0 radical (unpaired) electrons. The lowest BCUT2D eigenvalue weighted by atomic mass is 10.0. The minimum Gasteiger partial charge on any atom is -0.379 e. The van der Waals surface area contributed by atoms with E-state index in [0.29, 0.717) is 23.5 Å². The predicted molar refractivity (Wildman–Crippen MR) is 110 cm³/mol. The molecule has 144 valence electrons. The Labute approximate surface area is 162 Å². The van der Waals surface area contributed by atoms with E-state index in [1.165, 1.54) is 5.19 Å². The number of nitrogens with zero attached hydrogens (tertiary/aromatic N) is 3. The molecule has 0 N–H and O–H groups in total. The van der Waals surface area contributed by atoms with Crippen LogP contribution in [0.4, 0.5) is 0 Å². The summed E-state index contributed by atoms with van der Waals surface area (Å²) in [7, 11) is -5.31. The summed E-state index contributed by atoms with van der Waals surface area (Å²) in [5.41, 5.74) is 1.95. The van der Waals surface area contributed by atoms with Gasteiger partial charge in [0.25, 0.3) is 0 Å². The third-order valence-electron chi connectivity index (χ3n) is 4.05. The lowest BCUT2D eigenvalue weighted by Crippen LogP contribution is -2.37. The molecule has 0 bridgehead atoms. The topological polar surface area (TPSA) is 85.0 Å². The molecule has 0 aliphatic carbocycles. The van der Waals surface area contributed by atoms with Crippen LogP contribution in [0.25, 0.3) is 11.3 Å². The molecule has 0 spiro atoms. The van der Waals surface area contributed by atoms with Crippen molar-refractivity contribution in [3.05, 3.63) is 47.3 Å². The number of rotatable bonds is 6. The molecule has 6 nitrogen and oxygen atoms in total. The van der Waals surface area contributed by atoms with Gasteiger partial charge in [0.15, 0.2) is 5.76 Å². The molecule has 1 heterocycles. The molecule has 27 heavy (non-hydrogen) atoms. The van der Waals surface area contributed by atoms with Crippen molar-refractivity contribution in [2.24, 2.45) is 0 Å². The first kappa shape index (κ1) is 20.9. The molecule has 0 saturated carbocycles. The van der Waals surface area contributed by atoms with Gasteiger partial charge in [-0.05, 0) is 25.5 Å². The van der Waals surface area contributed by atoms with Crippen molar-refractivity contribution >= 4 is 34.7 Å². The van der Waals surface area contributed by atoms with Crippen molar-refractivity contribution in [2.45, 2.75) is 40.0 Å². The van der Waals surface area contributed by atoms with Gasteiger partial charge in [-0.15, -0.1) is 0 Å². The van der Waals surface area contributed by atoms with Crippen LogP contribution in [-0.2, 0) is 20.8 Å². The fourth-order valence-electron chi connectivity index (χ4n) is 2.72. The van der Waals surface area contributed by atoms with Crippen molar-refractivity contribution in [1.29, 1.82) is 5.26 Å². The zero-order valence-corrected chi connectivity index (χ0v) is 18.4. The second kappa shape index (κ2) is 7.70. The highest BCUT2D eigenvalue weighted by Gasteiger charge is 2.23. The minimum atomic E-state index is -3.82. The Bertz CT molecular complexity index is 1010. The van der Waals surface area contributed by atoms with Gasteiger partial charge in [-0.25, -0.2) is 0 Å². The molecule has 0 atom stereocenters. The number of allylic oxidation sites excluding steroid dienone is 1. The third kappa shape index (κ3) is 5.08. The third-order valence-corrected chi connectivity index (χ3v) is 6.58. The Morgan fingerprint density at radius 1 is 1.26 bits per heavy atom. The van der Waals surface area contributed by atoms with Crippen LogP contribution in [0, 0.1) is 18.3 Å². The van der Waals surface area contributed by atoms with Crippen molar-refractivity contribution < 1.29 is 12.6 Å². The normalized spacial score (nSPS) is 13.1. The second-order valence-corrected chi connectivity index (χ2v) is 14.1.